The van der Waals surface area contributed by atoms with Crippen molar-refractivity contribution < 1.29 is 18.7 Å². The van der Waals surface area contributed by atoms with E-state index in [1.165, 1.54) is 12.1 Å². The fourth-order valence-electron chi connectivity index (χ4n) is 2.90. The maximum Gasteiger partial charge on any atom is 0.341 e. The number of anilines is 1. The molecule has 0 saturated carbocycles. The maximum absolute atomic E-state index is 13.8. The molecule has 3 rings (SSSR count). The van der Waals surface area contributed by atoms with Gasteiger partial charge in [-0.25, -0.2) is 9.18 Å². The molecule has 0 aromatic heterocycles. The molecule has 6 nitrogen and oxygen atoms in total. The summed E-state index contributed by atoms with van der Waals surface area (Å²) in [6.45, 7) is 1.98. The third-order valence-corrected chi connectivity index (χ3v) is 4.40. The Morgan fingerprint density at radius 2 is 1.78 bits per heavy atom. The molecular formula is C20H18FN3O3. The van der Waals surface area contributed by atoms with Gasteiger partial charge in [0, 0.05) is 31.9 Å². The first-order valence-corrected chi connectivity index (χ1v) is 8.53. The molecule has 7 heteroatoms. The molecule has 27 heavy (non-hydrogen) atoms. The predicted molar refractivity (Wildman–Crippen MR) is 96.6 cm³/mol. The molecule has 1 aliphatic heterocycles. The monoisotopic (exact) mass is 367 g/mol. The first-order chi connectivity index (χ1) is 13.1. The van der Waals surface area contributed by atoms with Crippen molar-refractivity contribution in [2.75, 3.05) is 37.7 Å². The number of esters is 1. The van der Waals surface area contributed by atoms with Crippen molar-refractivity contribution in [1.82, 2.24) is 4.90 Å². The zero-order valence-corrected chi connectivity index (χ0v) is 14.6. The van der Waals surface area contributed by atoms with Crippen molar-refractivity contribution in [3.05, 3.63) is 65.5 Å². The normalized spacial score (nSPS) is 13.8. The second kappa shape index (κ2) is 8.32. The molecule has 2 aromatic carbocycles. The van der Waals surface area contributed by atoms with Gasteiger partial charge in [-0.05, 0) is 30.3 Å². The summed E-state index contributed by atoms with van der Waals surface area (Å²) in [5, 5.41) is 8.72. The molecule has 1 aliphatic rings. The lowest BCUT2D eigenvalue weighted by atomic mass is 10.1. The summed E-state index contributed by atoms with van der Waals surface area (Å²) in [5.41, 5.74) is 0.916. The third-order valence-electron chi connectivity index (χ3n) is 4.40. The number of para-hydroxylation sites is 1. The van der Waals surface area contributed by atoms with Gasteiger partial charge in [-0.1, -0.05) is 18.2 Å². The molecular weight excluding hydrogens is 349 g/mol. The van der Waals surface area contributed by atoms with Gasteiger partial charge >= 0.3 is 5.97 Å². The van der Waals surface area contributed by atoms with Crippen molar-refractivity contribution in [3.63, 3.8) is 0 Å². The molecule has 0 N–H and O–H groups in total. The number of hydrogen-bond donors (Lipinski definition) is 0. The Morgan fingerprint density at radius 1 is 1.07 bits per heavy atom. The predicted octanol–water partition coefficient (Wildman–Crippen LogP) is 2.20. The fraction of sp³-hybridized carbons (Fsp3) is 0.250. The lowest BCUT2D eigenvalue weighted by Gasteiger charge is -2.36. The number of carbonyl (C=O) groups excluding carboxylic acids is 2. The van der Waals surface area contributed by atoms with Crippen LogP contribution in [0.4, 0.5) is 10.1 Å². The fourth-order valence-corrected chi connectivity index (χ4v) is 2.90. The minimum atomic E-state index is -0.923. The molecule has 1 saturated heterocycles. The lowest BCUT2D eigenvalue weighted by Crippen LogP contribution is -2.49. The van der Waals surface area contributed by atoms with Crippen molar-refractivity contribution in [2.45, 2.75) is 0 Å². The average Bonchev–Trinajstić information content (AvgIpc) is 2.72. The summed E-state index contributed by atoms with van der Waals surface area (Å²) >= 11 is 0. The SMILES string of the molecule is N#Cc1ccc(C(=O)OCC(=O)N2CCN(c3ccccc3)CC2)c(F)c1. The van der Waals surface area contributed by atoms with Crippen LogP contribution in [0, 0.1) is 17.1 Å². The molecule has 2 aromatic rings. The topological polar surface area (TPSA) is 73.6 Å². The first-order valence-electron chi connectivity index (χ1n) is 8.53. The van der Waals surface area contributed by atoms with E-state index >= 15 is 0 Å². The molecule has 0 aliphatic carbocycles. The van der Waals surface area contributed by atoms with Gasteiger partial charge in [-0.2, -0.15) is 5.26 Å². The second-order valence-corrected chi connectivity index (χ2v) is 6.09. The summed E-state index contributed by atoms with van der Waals surface area (Å²) in [6, 6.07) is 15.2. The van der Waals surface area contributed by atoms with Crippen LogP contribution in [0.25, 0.3) is 0 Å². The first kappa shape index (κ1) is 18.4. The van der Waals surface area contributed by atoms with Crippen LogP contribution in [0.1, 0.15) is 15.9 Å². The van der Waals surface area contributed by atoms with E-state index in [-0.39, 0.29) is 17.0 Å². The Bertz CT molecular complexity index is 872. The van der Waals surface area contributed by atoms with E-state index in [9.17, 15) is 14.0 Å². The van der Waals surface area contributed by atoms with E-state index in [0.717, 1.165) is 11.8 Å². The van der Waals surface area contributed by atoms with Crippen LogP contribution in [0.3, 0.4) is 0 Å². The van der Waals surface area contributed by atoms with E-state index < -0.39 is 18.4 Å². The standard InChI is InChI=1S/C20H18FN3O3/c21-18-12-15(13-22)6-7-17(18)20(26)27-14-19(25)24-10-8-23(9-11-24)16-4-2-1-3-5-16/h1-7,12H,8-11,14H2. The van der Waals surface area contributed by atoms with Crippen LogP contribution in [0.15, 0.2) is 48.5 Å². The number of halogens is 1. The van der Waals surface area contributed by atoms with E-state index in [1.807, 2.05) is 30.3 Å². The van der Waals surface area contributed by atoms with Crippen LogP contribution < -0.4 is 4.90 Å². The Kier molecular flexibility index (Phi) is 5.67. The summed E-state index contributed by atoms with van der Waals surface area (Å²) in [4.78, 5) is 28.0. The number of hydrogen-bond acceptors (Lipinski definition) is 5. The molecule has 138 valence electrons. The van der Waals surface area contributed by atoms with Gasteiger partial charge in [0.05, 0.1) is 17.2 Å². The Morgan fingerprint density at radius 3 is 2.41 bits per heavy atom. The molecule has 0 atom stereocenters. The quantitative estimate of drug-likeness (QED) is 0.775. The molecule has 0 radical (unpaired) electrons. The van der Waals surface area contributed by atoms with Crippen molar-refractivity contribution >= 4 is 17.6 Å². The van der Waals surface area contributed by atoms with Gasteiger partial charge in [0.1, 0.15) is 5.82 Å². The Labute approximate surface area is 156 Å². The minimum Gasteiger partial charge on any atom is -0.452 e. The van der Waals surface area contributed by atoms with E-state index in [0.29, 0.717) is 26.2 Å². The number of ether oxygens (including phenoxy) is 1. The van der Waals surface area contributed by atoms with Gasteiger partial charge in [0.2, 0.25) is 0 Å². The highest BCUT2D eigenvalue weighted by molar-refractivity contribution is 5.91. The van der Waals surface area contributed by atoms with Gasteiger partial charge in [-0.3, -0.25) is 4.79 Å². The molecule has 0 spiro atoms. The summed E-state index contributed by atoms with van der Waals surface area (Å²) in [6.07, 6.45) is 0. The maximum atomic E-state index is 13.8. The van der Waals surface area contributed by atoms with Crippen LogP contribution in [-0.4, -0.2) is 49.6 Å². The summed E-state index contributed by atoms with van der Waals surface area (Å²) in [7, 11) is 0. The highest BCUT2D eigenvalue weighted by Crippen LogP contribution is 2.16. The highest BCUT2D eigenvalue weighted by atomic mass is 19.1. The van der Waals surface area contributed by atoms with Crippen molar-refractivity contribution in [3.8, 4) is 6.07 Å². The second-order valence-electron chi connectivity index (χ2n) is 6.09. The largest absolute Gasteiger partial charge is 0.452 e. The number of nitrogens with zero attached hydrogens (tertiary/aromatic N) is 3. The van der Waals surface area contributed by atoms with Crippen LogP contribution in [0.2, 0.25) is 0 Å². The zero-order chi connectivity index (χ0) is 19.2. The van der Waals surface area contributed by atoms with Crippen molar-refractivity contribution in [2.24, 2.45) is 0 Å². The van der Waals surface area contributed by atoms with Crippen molar-refractivity contribution in [1.29, 1.82) is 5.26 Å². The number of benzene rings is 2. The molecule has 0 unspecified atom stereocenters. The number of piperazine rings is 1. The minimum absolute atomic E-state index is 0.108. The van der Waals surface area contributed by atoms with Gasteiger partial charge in [0.15, 0.2) is 6.61 Å². The van der Waals surface area contributed by atoms with Crippen LogP contribution in [-0.2, 0) is 9.53 Å². The van der Waals surface area contributed by atoms with E-state index in [1.54, 1.807) is 11.0 Å². The average molecular weight is 367 g/mol. The highest BCUT2D eigenvalue weighted by Gasteiger charge is 2.23. The van der Waals surface area contributed by atoms with Gasteiger partial charge < -0.3 is 14.5 Å². The number of carbonyl (C=O) groups is 2. The number of rotatable bonds is 4. The van der Waals surface area contributed by atoms with E-state index in [2.05, 4.69) is 4.90 Å². The molecule has 1 heterocycles. The van der Waals surface area contributed by atoms with Gasteiger partial charge in [-0.15, -0.1) is 0 Å². The third kappa shape index (κ3) is 4.42. The van der Waals surface area contributed by atoms with Crippen LogP contribution >= 0.6 is 0 Å². The Balaban J connectivity index is 1.50. The van der Waals surface area contributed by atoms with E-state index in [4.69, 9.17) is 10.00 Å². The Hall–Kier alpha value is -3.40. The summed E-state index contributed by atoms with van der Waals surface area (Å²) in [5.74, 6) is -2.08. The molecule has 1 fully saturated rings. The lowest BCUT2D eigenvalue weighted by molar-refractivity contribution is -0.134. The molecule has 1 amide bonds. The van der Waals surface area contributed by atoms with Crippen LogP contribution in [0.5, 0.6) is 0 Å². The smallest absolute Gasteiger partial charge is 0.341 e. The summed E-state index contributed by atoms with van der Waals surface area (Å²) < 4.78 is 18.8. The zero-order valence-electron chi connectivity index (χ0n) is 14.6. The number of amides is 1. The number of nitriles is 1. The molecule has 0 bridgehead atoms. The van der Waals surface area contributed by atoms with Gasteiger partial charge in [0.25, 0.3) is 5.91 Å².